The van der Waals surface area contributed by atoms with Gasteiger partial charge in [0.15, 0.2) is 0 Å². The lowest BCUT2D eigenvalue weighted by molar-refractivity contribution is -0.137. The van der Waals surface area contributed by atoms with Gasteiger partial charge in [-0.15, -0.1) is 0 Å². The Bertz CT molecular complexity index is 717. The number of halogens is 2. The van der Waals surface area contributed by atoms with Gasteiger partial charge in [0.1, 0.15) is 5.82 Å². The Morgan fingerprint density at radius 1 is 1.50 bits per heavy atom. The number of benzene rings is 1. The predicted octanol–water partition coefficient (Wildman–Crippen LogP) is 2.16. The summed E-state index contributed by atoms with van der Waals surface area (Å²) in [6.07, 6.45) is 2.47. The molecule has 1 atom stereocenters. The molecule has 0 saturated carbocycles. The van der Waals surface area contributed by atoms with E-state index in [2.05, 4.69) is 10.4 Å². The first kappa shape index (κ1) is 16.0. The minimum atomic E-state index is -1.12. The van der Waals surface area contributed by atoms with E-state index in [1.165, 1.54) is 29.2 Å². The Balaban J connectivity index is 2.24. The zero-order valence-corrected chi connectivity index (χ0v) is 12.3. The first-order chi connectivity index (χ1) is 10.4. The van der Waals surface area contributed by atoms with E-state index < -0.39 is 23.7 Å². The Kier molecular flexibility index (Phi) is 4.77. The van der Waals surface area contributed by atoms with Crippen molar-refractivity contribution in [3.05, 3.63) is 52.6 Å². The predicted molar refractivity (Wildman–Crippen MR) is 77.1 cm³/mol. The topological polar surface area (TPSA) is 84.2 Å². The van der Waals surface area contributed by atoms with Crippen LogP contribution in [0.4, 0.5) is 4.39 Å². The molecule has 22 heavy (non-hydrogen) atoms. The molecule has 0 spiro atoms. The Labute approximate surface area is 130 Å². The van der Waals surface area contributed by atoms with Crippen LogP contribution in [0.15, 0.2) is 30.6 Å². The normalized spacial score (nSPS) is 12.0. The first-order valence-electron chi connectivity index (χ1n) is 6.33. The fourth-order valence-corrected chi connectivity index (χ4v) is 2.05. The average molecular weight is 326 g/mol. The van der Waals surface area contributed by atoms with Crippen LogP contribution in [0.5, 0.6) is 0 Å². The van der Waals surface area contributed by atoms with Crippen molar-refractivity contribution >= 4 is 23.5 Å². The number of rotatable bonds is 5. The van der Waals surface area contributed by atoms with Crippen LogP contribution in [-0.4, -0.2) is 26.8 Å². The second-order valence-corrected chi connectivity index (χ2v) is 5.11. The summed E-state index contributed by atoms with van der Waals surface area (Å²) in [4.78, 5) is 23.1. The highest BCUT2D eigenvalue weighted by molar-refractivity contribution is 6.30. The fraction of sp³-hybridized carbons (Fsp3) is 0.214. The van der Waals surface area contributed by atoms with Crippen LogP contribution in [0.3, 0.4) is 0 Å². The molecule has 0 aliphatic rings. The van der Waals surface area contributed by atoms with Crippen molar-refractivity contribution in [3.8, 4) is 0 Å². The largest absolute Gasteiger partial charge is 0.481 e. The van der Waals surface area contributed by atoms with E-state index in [0.717, 1.165) is 6.07 Å². The minimum Gasteiger partial charge on any atom is -0.481 e. The number of hydrogen-bond donors (Lipinski definition) is 2. The number of aromatic nitrogens is 2. The van der Waals surface area contributed by atoms with E-state index in [9.17, 15) is 14.0 Å². The van der Waals surface area contributed by atoms with E-state index in [1.807, 2.05) is 0 Å². The number of hydrogen-bond acceptors (Lipinski definition) is 3. The summed E-state index contributed by atoms with van der Waals surface area (Å²) in [6, 6.07) is 3.02. The van der Waals surface area contributed by atoms with Crippen molar-refractivity contribution in [2.75, 3.05) is 0 Å². The van der Waals surface area contributed by atoms with Crippen molar-refractivity contribution in [3.63, 3.8) is 0 Å². The summed E-state index contributed by atoms with van der Waals surface area (Å²) in [7, 11) is 1.65. The second kappa shape index (κ2) is 6.57. The number of aliphatic carboxylic acids is 1. The maximum Gasteiger partial charge on any atom is 0.305 e. The molecular weight excluding hydrogens is 313 g/mol. The number of carbonyl (C=O) groups is 2. The molecule has 116 valence electrons. The van der Waals surface area contributed by atoms with E-state index in [1.54, 1.807) is 7.05 Å². The van der Waals surface area contributed by atoms with Gasteiger partial charge >= 0.3 is 5.97 Å². The molecule has 1 amide bonds. The summed E-state index contributed by atoms with van der Waals surface area (Å²) in [5.41, 5.74) is 0.605. The van der Waals surface area contributed by atoms with Gasteiger partial charge in [-0.25, -0.2) is 4.39 Å². The Morgan fingerprint density at radius 2 is 2.23 bits per heavy atom. The van der Waals surface area contributed by atoms with Gasteiger partial charge in [-0.05, 0) is 17.7 Å². The molecule has 1 heterocycles. The van der Waals surface area contributed by atoms with Crippen LogP contribution in [0.1, 0.15) is 28.4 Å². The molecule has 6 nitrogen and oxygen atoms in total. The molecule has 0 aliphatic heterocycles. The molecule has 0 bridgehead atoms. The Hall–Kier alpha value is -2.41. The van der Waals surface area contributed by atoms with Crippen LogP contribution in [-0.2, 0) is 11.8 Å². The number of carboxylic acid groups (broad SMARTS) is 1. The number of carbonyl (C=O) groups excluding carboxylic acids is 1. The molecule has 0 unspecified atom stereocenters. The average Bonchev–Trinajstić information content (AvgIpc) is 2.87. The van der Waals surface area contributed by atoms with E-state index in [-0.39, 0.29) is 17.0 Å². The molecule has 1 aromatic carbocycles. The lowest BCUT2D eigenvalue weighted by Gasteiger charge is -2.17. The summed E-state index contributed by atoms with van der Waals surface area (Å²) in [6.45, 7) is 0. The van der Waals surface area contributed by atoms with Gasteiger partial charge in [-0.3, -0.25) is 14.3 Å². The summed E-state index contributed by atoms with van der Waals surface area (Å²) >= 11 is 5.61. The standard InChI is InChI=1S/C14H13ClFN3O3/c1-19-7-9(6-17-19)14(22)18-12(5-13(20)21)8-2-3-10(15)11(16)4-8/h2-4,6-7,12H,5H2,1H3,(H,18,22)(H,20,21)/t12-/m1/s1. The van der Waals surface area contributed by atoms with Crippen LogP contribution in [0.2, 0.25) is 5.02 Å². The third-order valence-electron chi connectivity index (χ3n) is 3.00. The van der Waals surface area contributed by atoms with Gasteiger partial charge < -0.3 is 10.4 Å². The number of amides is 1. The highest BCUT2D eigenvalue weighted by Gasteiger charge is 2.20. The highest BCUT2D eigenvalue weighted by atomic mass is 35.5. The van der Waals surface area contributed by atoms with Gasteiger partial charge in [-0.2, -0.15) is 5.10 Å². The quantitative estimate of drug-likeness (QED) is 0.882. The highest BCUT2D eigenvalue weighted by Crippen LogP contribution is 2.23. The lowest BCUT2D eigenvalue weighted by Crippen LogP contribution is -2.30. The van der Waals surface area contributed by atoms with Gasteiger partial charge in [0.25, 0.3) is 5.91 Å². The minimum absolute atomic E-state index is 0.0728. The molecule has 8 heteroatoms. The third-order valence-corrected chi connectivity index (χ3v) is 3.30. The van der Waals surface area contributed by atoms with Crippen LogP contribution in [0.25, 0.3) is 0 Å². The van der Waals surface area contributed by atoms with Gasteiger partial charge in [0, 0.05) is 13.2 Å². The van der Waals surface area contributed by atoms with Gasteiger partial charge in [0.05, 0.1) is 29.2 Å². The zero-order valence-electron chi connectivity index (χ0n) is 11.6. The van der Waals surface area contributed by atoms with Gasteiger partial charge in [-0.1, -0.05) is 17.7 Å². The van der Waals surface area contributed by atoms with Crippen molar-refractivity contribution < 1.29 is 19.1 Å². The molecule has 0 aliphatic carbocycles. The maximum absolute atomic E-state index is 13.5. The monoisotopic (exact) mass is 325 g/mol. The number of nitrogens with one attached hydrogen (secondary N) is 1. The molecule has 0 saturated heterocycles. The third kappa shape index (κ3) is 3.82. The Morgan fingerprint density at radius 3 is 2.77 bits per heavy atom. The van der Waals surface area contributed by atoms with Crippen LogP contribution >= 0.6 is 11.6 Å². The van der Waals surface area contributed by atoms with Gasteiger partial charge in [0.2, 0.25) is 0 Å². The second-order valence-electron chi connectivity index (χ2n) is 4.70. The van der Waals surface area contributed by atoms with E-state index in [4.69, 9.17) is 16.7 Å². The van der Waals surface area contributed by atoms with Crippen molar-refractivity contribution in [1.82, 2.24) is 15.1 Å². The van der Waals surface area contributed by atoms with E-state index in [0.29, 0.717) is 5.56 Å². The molecule has 2 N–H and O–H groups in total. The number of nitrogens with zero attached hydrogens (tertiary/aromatic N) is 2. The summed E-state index contributed by atoms with van der Waals surface area (Å²) in [5, 5.41) is 15.3. The van der Waals surface area contributed by atoms with Crippen LogP contribution in [0, 0.1) is 5.82 Å². The molecule has 0 radical (unpaired) electrons. The number of carboxylic acids is 1. The van der Waals surface area contributed by atoms with Crippen molar-refractivity contribution in [2.45, 2.75) is 12.5 Å². The molecular formula is C14H13ClFN3O3. The fourth-order valence-electron chi connectivity index (χ4n) is 1.94. The zero-order chi connectivity index (χ0) is 16.3. The maximum atomic E-state index is 13.5. The molecule has 2 rings (SSSR count). The molecule has 2 aromatic rings. The summed E-state index contributed by atoms with van der Waals surface area (Å²) < 4.78 is 15.0. The van der Waals surface area contributed by atoms with Crippen molar-refractivity contribution in [2.24, 2.45) is 7.05 Å². The summed E-state index contributed by atoms with van der Waals surface area (Å²) in [5.74, 6) is -2.29. The first-order valence-corrected chi connectivity index (χ1v) is 6.71. The van der Waals surface area contributed by atoms with Crippen LogP contribution < -0.4 is 5.32 Å². The van der Waals surface area contributed by atoms with Crippen molar-refractivity contribution in [1.29, 1.82) is 0 Å². The molecule has 0 fully saturated rings. The SMILES string of the molecule is Cn1cc(C(=O)N[C@H](CC(=O)O)c2ccc(Cl)c(F)c2)cn1. The smallest absolute Gasteiger partial charge is 0.305 e. The molecule has 1 aromatic heterocycles. The number of aryl methyl sites for hydroxylation is 1. The lowest BCUT2D eigenvalue weighted by atomic mass is 10.0. The van der Waals surface area contributed by atoms with E-state index >= 15 is 0 Å².